The molecule has 3 heteroatoms. The highest BCUT2D eigenvalue weighted by Gasteiger charge is 2.29. The molecular formula is C20H24O3. The summed E-state index contributed by atoms with van der Waals surface area (Å²) in [5.74, 6) is -0.408. The van der Waals surface area contributed by atoms with Gasteiger partial charge in [0.15, 0.2) is 0 Å². The summed E-state index contributed by atoms with van der Waals surface area (Å²) in [4.78, 5) is 12.0. The molecular weight excluding hydrogens is 288 g/mol. The van der Waals surface area contributed by atoms with E-state index in [1.807, 2.05) is 75.4 Å². The van der Waals surface area contributed by atoms with Crippen LogP contribution in [0.1, 0.15) is 39.7 Å². The number of hydrogen-bond acceptors (Lipinski definition) is 3. The zero-order valence-electron chi connectivity index (χ0n) is 14.2. The van der Waals surface area contributed by atoms with Crippen LogP contribution in [0.25, 0.3) is 11.1 Å². The first-order valence-electron chi connectivity index (χ1n) is 7.78. The van der Waals surface area contributed by atoms with Crippen LogP contribution in [0, 0.1) is 0 Å². The highest BCUT2D eigenvalue weighted by Crippen LogP contribution is 2.28. The van der Waals surface area contributed by atoms with Gasteiger partial charge in [-0.2, -0.15) is 0 Å². The molecule has 0 saturated heterocycles. The normalized spacial score (nSPS) is 14.1. The van der Waals surface area contributed by atoms with Crippen LogP contribution < -0.4 is 0 Å². The minimum absolute atomic E-state index is 0.0745. The van der Waals surface area contributed by atoms with E-state index in [2.05, 4.69) is 0 Å². The molecule has 0 saturated carbocycles. The number of carbonyl (C=O) groups is 1. The molecule has 0 aliphatic rings. The number of ether oxygens (including phenoxy) is 1. The number of carbonyl (C=O) groups excluding carboxylic acids is 1. The van der Waals surface area contributed by atoms with Gasteiger partial charge in [-0.1, -0.05) is 54.6 Å². The average molecular weight is 312 g/mol. The van der Waals surface area contributed by atoms with Crippen molar-refractivity contribution < 1.29 is 14.6 Å². The van der Waals surface area contributed by atoms with Crippen molar-refractivity contribution in [3.63, 3.8) is 0 Å². The number of hydrogen-bond donors (Lipinski definition) is 1. The van der Waals surface area contributed by atoms with Crippen molar-refractivity contribution >= 4 is 5.97 Å². The average Bonchev–Trinajstić information content (AvgIpc) is 2.45. The zero-order chi connectivity index (χ0) is 17.1. The topological polar surface area (TPSA) is 46.5 Å². The summed E-state index contributed by atoms with van der Waals surface area (Å²) in [6.45, 7) is 7.07. The third-order valence-corrected chi connectivity index (χ3v) is 3.52. The molecule has 1 N–H and O–H groups in total. The fraction of sp³-hybridized carbons (Fsp3) is 0.350. The van der Waals surface area contributed by atoms with Crippen LogP contribution in [0.15, 0.2) is 54.6 Å². The maximum Gasteiger partial charge on any atom is 0.309 e. The van der Waals surface area contributed by atoms with E-state index in [1.54, 1.807) is 6.92 Å². The minimum atomic E-state index is -1.25. The molecule has 0 radical (unpaired) electrons. The molecule has 0 aliphatic carbocycles. The molecule has 3 nitrogen and oxygen atoms in total. The summed E-state index contributed by atoms with van der Waals surface area (Å²) in [5, 5.41) is 10.6. The molecule has 0 aliphatic heterocycles. The van der Waals surface area contributed by atoms with Crippen molar-refractivity contribution in [3.05, 3.63) is 60.2 Å². The molecule has 23 heavy (non-hydrogen) atoms. The Bertz CT molecular complexity index is 650. The lowest BCUT2D eigenvalue weighted by molar-refractivity contribution is -0.160. The van der Waals surface area contributed by atoms with Gasteiger partial charge in [-0.25, -0.2) is 0 Å². The van der Waals surface area contributed by atoms with Gasteiger partial charge in [-0.3, -0.25) is 4.79 Å². The third-order valence-electron chi connectivity index (χ3n) is 3.52. The summed E-state index contributed by atoms with van der Waals surface area (Å²) in [6, 6.07) is 17.6. The Morgan fingerprint density at radius 2 is 1.43 bits per heavy atom. The second-order valence-corrected chi connectivity index (χ2v) is 6.98. The van der Waals surface area contributed by atoms with Gasteiger partial charge >= 0.3 is 5.97 Å². The van der Waals surface area contributed by atoms with E-state index in [1.165, 1.54) is 0 Å². The van der Waals surface area contributed by atoms with Crippen molar-refractivity contribution in [3.8, 4) is 11.1 Å². The Balaban J connectivity index is 2.13. The van der Waals surface area contributed by atoms with Gasteiger partial charge in [-0.15, -0.1) is 0 Å². The van der Waals surface area contributed by atoms with E-state index in [4.69, 9.17) is 4.74 Å². The van der Waals surface area contributed by atoms with Gasteiger partial charge < -0.3 is 9.84 Å². The fourth-order valence-corrected chi connectivity index (χ4v) is 2.41. The molecule has 1 unspecified atom stereocenters. The fourth-order valence-electron chi connectivity index (χ4n) is 2.41. The minimum Gasteiger partial charge on any atom is -0.460 e. The monoisotopic (exact) mass is 312 g/mol. The van der Waals surface area contributed by atoms with Gasteiger partial charge in [0.2, 0.25) is 0 Å². The summed E-state index contributed by atoms with van der Waals surface area (Å²) in [5.41, 5.74) is 1.08. The molecule has 0 bridgehead atoms. The predicted octanol–water partition coefficient (Wildman–Crippen LogP) is 4.29. The highest BCUT2D eigenvalue weighted by molar-refractivity contribution is 5.71. The summed E-state index contributed by atoms with van der Waals surface area (Å²) >= 11 is 0. The summed E-state index contributed by atoms with van der Waals surface area (Å²) in [7, 11) is 0. The molecule has 0 spiro atoms. The van der Waals surface area contributed by atoms with E-state index in [9.17, 15) is 9.90 Å². The molecule has 0 amide bonds. The van der Waals surface area contributed by atoms with Gasteiger partial charge in [0.25, 0.3) is 0 Å². The summed E-state index contributed by atoms with van der Waals surface area (Å²) < 4.78 is 5.29. The molecule has 0 fully saturated rings. The first-order chi connectivity index (χ1) is 10.7. The number of benzene rings is 2. The van der Waals surface area contributed by atoms with Crippen molar-refractivity contribution in [2.45, 2.75) is 45.3 Å². The van der Waals surface area contributed by atoms with Crippen LogP contribution in [-0.4, -0.2) is 16.7 Å². The Kier molecular flexibility index (Phi) is 4.90. The molecule has 0 aromatic heterocycles. The van der Waals surface area contributed by atoms with Gasteiger partial charge in [-0.05, 0) is 44.4 Å². The highest BCUT2D eigenvalue weighted by atomic mass is 16.6. The van der Waals surface area contributed by atoms with Gasteiger partial charge in [0, 0.05) is 0 Å². The van der Waals surface area contributed by atoms with Crippen LogP contribution >= 0.6 is 0 Å². The standard InChI is InChI=1S/C20H24O3/c1-19(2,3)23-18(21)14-20(4,22)17-12-10-16(11-13-17)15-8-6-5-7-9-15/h5-13,22H,14H2,1-4H3. The summed E-state index contributed by atoms with van der Waals surface area (Å²) in [6.07, 6.45) is -0.0745. The lowest BCUT2D eigenvalue weighted by Crippen LogP contribution is -2.31. The number of esters is 1. The van der Waals surface area contributed by atoms with E-state index in [0.29, 0.717) is 5.56 Å². The Hall–Kier alpha value is -2.13. The van der Waals surface area contributed by atoms with Crippen LogP contribution in [0.5, 0.6) is 0 Å². The molecule has 2 aromatic carbocycles. The molecule has 2 aromatic rings. The zero-order valence-corrected chi connectivity index (χ0v) is 14.2. The maximum absolute atomic E-state index is 12.0. The Morgan fingerprint density at radius 3 is 1.96 bits per heavy atom. The van der Waals surface area contributed by atoms with E-state index >= 15 is 0 Å². The van der Waals surface area contributed by atoms with Crippen LogP contribution in [0.2, 0.25) is 0 Å². The lowest BCUT2D eigenvalue weighted by atomic mass is 9.91. The molecule has 1 atom stereocenters. The molecule has 0 heterocycles. The van der Waals surface area contributed by atoms with Crippen molar-refractivity contribution in [1.29, 1.82) is 0 Å². The molecule has 122 valence electrons. The SMILES string of the molecule is CC(C)(C)OC(=O)CC(C)(O)c1ccc(-c2ccccc2)cc1. The molecule has 2 rings (SSSR count). The van der Waals surface area contributed by atoms with Crippen molar-refractivity contribution in [2.75, 3.05) is 0 Å². The van der Waals surface area contributed by atoms with Crippen molar-refractivity contribution in [1.82, 2.24) is 0 Å². The lowest BCUT2D eigenvalue weighted by Gasteiger charge is -2.26. The smallest absolute Gasteiger partial charge is 0.309 e. The van der Waals surface area contributed by atoms with E-state index < -0.39 is 17.2 Å². The van der Waals surface area contributed by atoms with Gasteiger partial charge in [0.1, 0.15) is 5.60 Å². The van der Waals surface area contributed by atoms with E-state index in [0.717, 1.165) is 11.1 Å². The number of rotatable bonds is 4. The van der Waals surface area contributed by atoms with E-state index in [-0.39, 0.29) is 6.42 Å². The van der Waals surface area contributed by atoms with Crippen LogP contribution in [-0.2, 0) is 15.1 Å². The Labute approximate surface area is 137 Å². The van der Waals surface area contributed by atoms with Gasteiger partial charge in [0.05, 0.1) is 12.0 Å². The first-order valence-corrected chi connectivity index (χ1v) is 7.78. The van der Waals surface area contributed by atoms with Crippen LogP contribution in [0.4, 0.5) is 0 Å². The Morgan fingerprint density at radius 1 is 0.913 bits per heavy atom. The quantitative estimate of drug-likeness (QED) is 0.857. The second-order valence-electron chi connectivity index (χ2n) is 6.98. The first kappa shape index (κ1) is 17.2. The van der Waals surface area contributed by atoms with Crippen molar-refractivity contribution in [2.24, 2.45) is 0 Å². The number of aliphatic hydroxyl groups is 1. The predicted molar refractivity (Wildman–Crippen MR) is 91.9 cm³/mol. The largest absolute Gasteiger partial charge is 0.460 e. The third kappa shape index (κ3) is 4.93. The van der Waals surface area contributed by atoms with Crippen LogP contribution in [0.3, 0.4) is 0 Å². The second kappa shape index (κ2) is 6.55. The maximum atomic E-state index is 12.0.